The summed E-state index contributed by atoms with van der Waals surface area (Å²) in [4.78, 5) is 18.1. The maximum Gasteiger partial charge on any atom is 0.222 e. The molecule has 1 heterocycles. The van der Waals surface area contributed by atoms with Gasteiger partial charge in [0.25, 0.3) is 0 Å². The molecule has 0 atom stereocenters. The Hall–Kier alpha value is -0.530. The lowest BCUT2D eigenvalue weighted by molar-refractivity contribution is -0.127. The van der Waals surface area contributed by atoms with Crippen LogP contribution in [0.2, 0.25) is 0 Å². The zero-order valence-corrected chi connectivity index (χ0v) is 15.4. The Morgan fingerprint density at radius 2 is 2.10 bits per heavy atom. The van der Waals surface area contributed by atoms with Gasteiger partial charge in [-0.05, 0) is 32.6 Å². The summed E-state index contributed by atoms with van der Waals surface area (Å²) in [6.45, 7) is 5.55. The van der Waals surface area contributed by atoms with Gasteiger partial charge in [0, 0.05) is 38.6 Å². The zero-order valence-electron chi connectivity index (χ0n) is 13.1. The minimum atomic E-state index is 0. The normalized spacial score (nSPS) is 19.8. The molecular formula is C15H29IN4O. The number of aliphatic imine (C=N–C) groups is 1. The number of likely N-dealkylation sites (tertiary alicyclic amines) is 1. The van der Waals surface area contributed by atoms with Gasteiger partial charge in [0.05, 0.1) is 0 Å². The van der Waals surface area contributed by atoms with Crippen LogP contribution in [0.25, 0.3) is 0 Å². The van der Waals surface area contributed by atoms with Crippen LogP contribution in [0.1, 0.15) is 51.9 Å². The number of guanidine groups is 1. The number of hydrogen-bond acceptors (Lipinski definition) is 2. The van der Waals surface area contributed by atoms with Crippen LogP contribution in [0.15, 0.2) is 4.99 Å². The molecule has 1 amide bonds. The van der Waals surface area contributed by atoms with E-state index >= 15 is 0 Å². The van der Waals surface area contributed by atoms with Crippen molar-refractivity contribution >= 4 is 35.8 Å². The van der Waals surface area contributed by atoms with Gasteiger partial charge in [0.15, 0.2) is 5.96 Å². The van der Waals surface area contributed by atoms with Crippen molar-refractivity contribution in [1.29, 1.82) is 0 Å². The summed E-state index contributed by atoms with van der Waals surface area (Å²) in [5.74, 6) is 1.25. The molecule has 0 bridgehead atoms. The highest BCUT2D eigenvalue weighted by atomic mass is 127. The molecule has 0 spiro atoms. The van der Waals surface area contributed by atoms with Gasteiger partial charge in [-0.15, -0.1) is 24.0 Å². The Morgan fingerprint density at radius 1 is 1.33 bits per heavy atom. The van der Waals surface area contributed by atoms with Gasteiger partial charge >= 0.3 is 0 Å². The third kappa shape index (κ3) is 6.40. The second-order valence-electron chi connectivity index (χ2n) is 5.72. The van der Waals surface area contributed by atoms with E-state index in [0.29, 0.717) is 11.9 Å². The average molecular weight is 408 g/mol. The van der Waals surface area contributed by atoms with Crippen molar-refractivity contribution in [1.82, 2.24) is 15.5 Å². The van der Waals surface area contributed by atoms with Crippen LogP contribution >= 0.6 is 24.0 Å². The monoisotopic (exact) mass is 408 g/mol. The molecule has 2 fully saturated rings. The number of hydrogen-bond donors (Lipinski definition) is 2. The molecule has 122 valence electrons. The molecule has 1 aliphatic heterocycles. The van der Waals surface area contributed by atoms with Crippen LogP contribution in [-0.2, 0) is 4.79 Å². The molecule has 0 aromatic heterocycles. The number of rotatable bonds is 6. The fraction of sp³-hybridized carbons (Fsp3) is 0.867. The SMILES string of the molecule is CCNC(=NCCCN1CCCC1=O)NC1CCCC1.I. The molecule has 0 radical (unpaired) electrons. The van der Waals surface area contributed by atoms with E-state index in [0.717, 1.165) is 51.4 Å². The van der Waals surface area contributed by atoms with Crippen molar-refractivity contribution in [2.24, 2.45) is 4.99 Å². The predicted octanol–water partition coefficient (Wildman–Crippen LogP) is 2.11. The zero-order chi connectivity index (χ0) is 14.2. The topological polar surface area (TPSA) is 56.7 Å². The molecule has 0 aromatic rings. The molecule has 2 rings (SSSR count). The second-order valence-corrected chi connectivity index (χ2v) is 5.72. The molecule has 5 nitrogen and oxygen atoms in total. The van der Waals surface area contributed by atoms with Gasteiger partial charge in [-0.3, -0.25) is 9.79 Å². The van der Waals surface area contributed by atoms with Crippen LogP contribution < -0.4 is 10.6 Å². The van der Waals surface area contributed by atoms with Crippen LogP contribution in [0.5, 0.6) is 0 Å². The number of nitrogens with zero attached hydrogens (tertiary/aromatic N) is 2. The second kappa shape index (κ2) is 10.2. The highest BCUT2D eigenvalue weighted by molar-refractivity contribution is 14.0. The molecule has 1 saturated carbocycles. The summed E-state index contributed by atoms with van der Waals surface area (Å²) in [6, 6.07) is 0.591. The average Bonchev–Trinajstić information content (AvgIpc) is 3.07. The van der Waals surface area contributed by atoms with Crippen molar-refractivity contribution in [2.75, 3.05) is 26.2 Å². The Bertz CT molecular complexity index is 343. The van der Waals surface area contributed by atoms with Crippen molar-refractivity contribution in [3.8, 4) is 0 Å². The van der Waals surface area contributed by atoms with E-state index in [1.54, 1.807) is 0 Å². The number of carbonyl (C=O) groups is 1. The van der Waals surface area contributed by atoms with Crippen LogP contribution in [0, 0.1) is 0 Å². The molecule has 2 aliphatic rings. The van der Waals surface area contributed by atoms with E-state index in [9.17, 15) is 4.79 Å². The van der Waals surface area contributed by atoms with E-state index in [1.165, 1.54) is 25.7 Å². The Labute approximate surface area is 145 Å². The standard InChI is InChI=1S/C15H28N4O.HI/c1-2-16-15(18-13-7-3-4-8-13)17-10-6-12-19-11-5-9-14(19)20;/h13H,2-12H2,1H3,(H2,16,17,18);1H. The molecule has 2 N–H and O–H groups in total. The lowest BCUT2D eigenvalue weighted by atomic mass is 10.2. The van der Waals surface area contributed by atoms with Gasteiger partial charge in [-0.2, -0.15) is 0 Å². The largest absolute Gasteiger partial charge is 0.357 e. The van der Waals surface area contributed by atoms with Gasteiger partial charge in [-0.25, -0.2) is 0 Å². The molecule has 6 heteroatoms. The first-order valence-electron chi connectivity index (χ1n) is 8.12. The number of halogens is 1. The lowest BCUT2D eigenvalue weighted by Crippen LogP contribution is -2.42. The summed E-state index contributed by atoms with van der Waals surface area (Å²) < 4.78 is 0. The molecule has 0 unspecified atom stereocenters. The highest BCUT2D eigenvalue weighted by Crippen LogP contribution is 2.17. The Balaban J connectivity index is 0.00000220. The third-order valence-electron chi connectivity index (χ3n) is 4.07. The molecule has 1 aliphatic carbocycles. The summed E-state index contributed by atoms with van der Waals surface area (Å²) >= 11 is 0. The smallest absolute Gasteiger partial charge is 0.222 e. The van der Waals surface area contributed by atoms with Crippen molar-refractivity contribution in [3.63, 3.8) is 0 Å². The van der Waals surface area contributed by atoms with Crippen molar-refractivity contribution in [2.45, 2.75) is 57.9 Å². The van der Waals surface area contributed by atoms with E-state index in [1.807, 2.05) is 4.90 Å². The van der Waals surface area contributed by atoms with E-state index in [-0.39, 0.29) is 24.0 Å². The summed E-state index contributed by atoms with van der Waals surface area (Å²) in [5.41, 5.74) is 0. The van der Waals surface area contributed by atoms with E-state index < -0.39 is 0 Å². The minimum Gasteiger partial charge on any atom is -0.357 e. The fourth-order valence-electron chi connectivity index (χ4n) is 2.98. The Kier molecular flexibility index (Phi) is 9.03. The number of amides is 1. The maximum absolute atomic E-state index is 11.5. The first-order chi connectivity index (χ1) is 9.79. The molecule has 1 saturated heterocycles. The van der Waals surface area contributed by atoms with Crippen LogP contribution in [-0.4, -0.2) is 49.0 Å². The quantitative estimate of drug-likeness (QED) is 0.306. The number of carbonyl (C=O) groups excluding carboxylic acids is 1. The van der Waals surface area contributed by atoms with Crippen LogP contribution in [0.3, 0.4) is 0 Å². The van der Waals surface area contributed by atoms with E-state index in [2.05, 4.69) is 22.5 Å². The van der Waals surface area contributed by atoms with Crippen LogP contribution in [0.4, 0.5) is 0 Å². The number of nitrogens with one attached hydrogen (secondary N) is 2. The van der Waals surface area contributed by atoms with Gasteiger partial charge in [-0.1, -0.05) is 12.8 Å². The predicted molar refractivity (Wildman–Crippen MR) is 97.2 cm³/mol. The minimum absolute atomic E-state index is 0. The van der Waals surface area contributed by atoms with Gasteiger partial charge in [0.2, 0.25) is 5.91 Å². The molecular weight excluding hydrogens is 379 g/mol. The molecule has 0 aromatic carbocycles. The fourth-order valence-corrected chi connectivity index (χ4v) is 2.98. The first kappa shape index (κ1) is 18.5. The van der Waals surface area contributed by atoms with Gasteiger partial charge < -0.3 is 15.5 Å². The van der Waals surface area contributed by atoms with E-state index in [4.69, 9.17) is 0 Å². The van der Waals surface area contributed by atoms with Gasteiger partial charge in [0.1, 0.15) is 0 Å². The summed E-state index contributed by atoms with van der Waals surface area (Å²) in [7, 11) is 0. The first-order valence-corrected chi connectivity index (χ1v) is 8.12. The van der Waals surface area contributed by atoms with Crippen molar-refractivity contribution in [3.05, 3.63) is 0 Å². The maximum atomic E-state index is 11.5. The van der Waals surface area contributed by atoms with Crippen molar-refractivity contribution < 1.29 is 4.79 Å². The molecule has 21 heavy (non-hydrogen) atoms. The third-order valence-corrected chi connectivity index (χ3v) is 4.07. The summed E-state index contributed by atoms with van der Waals surface area (Å²) in [6.07, 6.45) is 7.87. The summed E-state index contributed by atoms with van der Waals surface area (Å²) in [5, 5.41) is 6.82. The highest BCUT2D eigenvalue weighted by Gasteiger charge is 2.19. The Morgan fingerprint density at radius 3 is 2.71 bits per heavy atom. The lowest BCUT2D eigenvalue weighted by Gasteiger charge is -2.17.